The first-order valence-electron chi connectivity index (χ1n) is 9.06. The molecule has 3 aliphatic rings. The van der Waals surface area contributed by atoms with Crippen LogP contribution in [0.25, 0.3) is 0 Å². The van der Waals surface area contributed by atoms with Crippen molar-refractivity contribution in [3.63, 3.8) is 0 Å². The van der Waals surface area contributed by atoms with Crippen LogP contribution < -0.4 is 0 Å². The summed E-state index contributed by atoms with van der Waals surface area (Å²) in [4.78, 5) is 4.58. The summed E-state index contributed by atoms with van der Waals surface area (Å²) in [6.45, 7) is 6.96. The maximum atomic E-state index is 10.2. The predicted octanol–water partition coefficient (Wildman–Crippen LogP) is 0.410. The van der Waals surface area contributed by atoms with E-state index in [0.29, 0.717) is 13.2 Å². The summed E-state index contributed by atoms with van der Waals surface area (Å²) in [6.07, 6.45) is 5.25. The number of nitrogens with zero attached hydrogens (tertiary/aromatic N) is 2. The molecule has 3 rings (SSSR count). The van der Waals surface area contributed by atoms with Crippen molar-refractivity contribution in [3.05, 3.63) is 0 Å². The molecule has 2 aliphatic carbocycles. The van der Waals surface area contributed by atoms with E-state index in [1.807, 2.05) is 0 Å². The number of hydrogen-bond donors (Lipinski definition) is 2. The van der Waals surface area contributed by atoms with E-state index in [1.54, 1.807) is 0 Å². The van der Waals surface area contributed by atoms with E-state index in [-0.39, 0.29) is 12.7 Å². The van der Waals surface area contributed by atoms with E-state index in [9.17, 15) is 5.11 Å². The molecule has 0 radical (unpaired) electrons. The van der Waals surface area contributed by atoms with Gasteiger partial charge in [0.1, 0.15) is 0 Å². The second kappa shape index (κ2) is 8.06. The molecule has 5 nitrogen and oxygen atoms in total. The second-order valence-electron chi connectivity index (χ2n) is 7.49. The lowest BCUT2D eigenvalue weighted by molar-refractivity contribution is -0.00919. The van der Waals surface area contributed by atoms with Gasteiger partial charge in [0, 0.05) is 45.9 Å². The lowest BCUT2D eigenvalue weighted by Crippen LogP contribution is -2.49. The minimum Gasteiger partial charge on any atom is -0.395 e. The third-order valence-corrected chi connectivity index (χ3v) is 5.88. The van der Waals surface area contributed by atoms with E-state index >= 15 is 0 Å². The Morgan fingerprint density at radius 2 is 1.82 bits per heavy atom. The zero-order chi connectivity index (χ0) is 15.4. The average Bonchev–Trinajstić information content (AvgIpc) is 3.12. The SMILES string of the molecule is OCCN1CCN(C[C@@H](O)COC[C@H]2C[C@H]3CC[C@H]2C3)CC1. The molecule has 1 saturated heterocycles. The van der Waals surface area contributed by atoms with Crippen LogP contribution in [-0.2, 0) is 4.74 Å². The Bertz CT molecular complexity index is 334. The smallest absolute Gasteiger partial charge is 0.0900 e. The summed E-state index contributed by atoms with van der Waals surface area (Å²) >= 11 is 0. The highest BCUT2D eigenvalue weighted by Crippen LogP contribution is 2.48. The van der Waals surface area contributed by atoms with Gasteiger partial charge < -0.3 is 14.9 Å². The minimum atomic E-state index is -0.372. The van der Waals surface area contributed by atoms with Crippen molar-refractivity contribution in [3.8, 4) is 0 Å². The first-order valence-corrected chi connectivity index (χ1v) is 9.06. The van der Waals surface area contributed by atoms with Crippen molar-refractivity contribution in [2.75, 3.05) is 59.1 Å². The average molecular weight is 312 g/mol. The highest BCUT2D eigenvalue weighted by atomic mass is 16.5. The van der Waals surface area contributed by atoms with Gasteiger partial charge in [-0.05, 0) is 37.0 Å². The predicted molar refractivity (Wildman–Crippen MR) is 85.7 cm³/mol. The summed E-state index contributed by atoms with van der Waals surface area (Å²) in [5, 5.41) is 19.1. The molecule has 0 spiro atoms. The molecule has 128 valence electrons. The van der Waals surface area contributed by atoms with Crippen molar-refractivity contribution in [1.82, 2.24) is 9.80 Å². The fourth-order valence-corrected chi connectivity index (χ4v) is 4.62. The summed E-state index contributed by atoms with van der Waals surface area (Å²) in [5.74, 6) is 2.63. The summed E-state index contributed by atoms with van der Waals surface area (Å²) in [5.41, 5.74) is 0. The number of aliphatic hydroxyl groups excluding tert-OH is 2. The molecular formula is C17H32N2O3. The van der Waals surface area contributed by atoms with E-state index in [2.05, 4.69) is 9.80 Å². The van der Waals surface area contributed by atoms with Crippen LogP contribution in [-0.4, -0.2) is 85.2 Å². The van der Waals surface area contributed by atoms with Gasteiger partial charge in [-0.3, -0.25) is 9.80 Å². The zero-order valence-corrected chi connectivity index (χ0v) is 13.7. The summed E-state index contributed by atoms with van der Waals surface area (Å²) < 4.78 is 5.81. The maximum Gasteiger partial charge on any atom is 0.0900 e. The lowest BCUT2D eigenvalue weighted by atomic mass is 9.90. The number of piperazine rings is 1. The normalized spacial score (nSPS) is 34.4. The van der Waals surface area contributed by atoms with Gasteiger partial charge in [-0.1, -0.05) is 6.42 Å². The van der Waals surface area contributed by atoms with Gasteiger partial charge in [0.15, 0.2) is 0 Å². The van der Waals surface area contributed by atoms with Crippen LogP contribution in [0.4, 0.5) is 0 Å². The number of aliphatic hydroxyl groups is 2. The Hall–Kier alpha value is -0.200. The highest BCUT2D eigenvalue weighted by Gasteiger charge is 2.39. The second-order valence-corrected chi connectivity index (χ2v) is 7.49. The molecule has 1 aliphatic heterocycles. The number of ether oxygens (including phenoxy) is 1. The first-order chi connectivity index (χ1) is 10.7. The van der Waals surface area contributed by atoms with Crippen LogP contribution in [0, 0.1) is 17.8 Å². The Morgan fingerprint density at radius 3 is 2.45 bits per heavy atom. The molecule has 0 aromatic heterocycles. The largest absolute Gasteiger partial charge is 0.395 e. The highest BCUT2D eigenvalue weighted by molar-refractivity contribution is 4.89. The topological polar surface area (TPSA) is 56.2 Å². The van der Waals surface area contributed by atoms with E-state index in [1.165, 1.54) is 25.7 Å². The molecular weight excluding hydrogens is 280 g/mol. The molecule has 1 heterocycles. The molecule has 0 unspecified atom stereocenters. The molecule has 0 aromatic carbocycles. The van der Waals surface area contributed by atoms with E-state index in [4.69, 9.17) is 9.84 Å². The van der Waals surface area contributed by atoms with Crippen LogP contribution in [0.5, 0.6) is 0 Å². The van der Waals surface area contributed by atoms with Crippen molar-refractivity contribution in [1.29, 1.82) is 0 Å². The van der Waals surface area contributed by atoms with Gasteiger partial charge in [-0.15, -0.1) is 0 Å². The van der Waals surface area contributed by atoms with Crippen LogP contribution in [0.15, 0.2) is 0 Å². The monoisotopic (exact) mass is 312 g/mol. The van der Waals surface area contributed by atoms with Crippen molar-refractivity contribution in [2.24, 2.45) is 17.8 Å². The molecule has 22 heavy (non-hydrogen) atoms. The molecule has 2 bridgehead atoms. The number of hydrogen-bond acceptors (Lipinski definition) is 5. The van der Waals surface area contributed by atoms with Gasteiger partial charge in [0.25, 0.3) is 0 Å². The van der Waals surface area contributed by atoms with E-state index < -0.39 is 0 Å². The quantitative estimate of drug-likeness (QED) is 0.680. The first kappa shape index (κ1) is 16.7. The van der Waals surface area contributed by atoms with Crippen molar-refractivity contribution < 1.29 is 14.9 Å². The van der Waals surface area contributed by atoms with Crippen molar-refractivity contribution >= 4 is 0 Å². The van der Waals surface area contributed by atoms with Crippen LogP contribution in [0.1, 0.15) is 25.7 Å². The lowest BCUT2D eigenvalue weighted by Gasteiger charge is -2.35. The van der Waals surface area contributed by atoms with Crippen molar-refractivity contribution in [2.45, 2.75) is 31.8 Å². The van der Waals surface area contributed by atoms with Gasteiger partial charge >= 0.3 is 0 Å². The standard InChI is InChI=1S/C17H32N2O3/c20-8-7-18-3-5-19(6-4-18)11-17(21)13-22-12-16-10-14-1-2-15(16)9-14/h14-17,20-21H,1-13H2/t14-,15-,16+,17+/m0/s1. The van der Waals surface area contributed by atoms with Crippen LogP contribution in [0.3, 0.4) is 0 Å². The van der Waals surface area contributed by atoms with Crippen LogP contribution >= 0.6 is 0 Å². The summed E-state index contributed by atoms with van der Waals surface area (Å²) in [7, 11) is 0. The van der Waals surface area contributed by atoms with Crippen LogP contribution in [0.2, 0.25) is 0 Å². The molecule has 4 atom stereocenters. The zero-order valence-electron chi connectivity index (χ0n) is 13.7. The number of rotatable bonds is 8. The molecule has 0 amide bonds. The third-order valence-electron chi connectivity index (χ3n) is 5.88. The fraction of sp³-hybridized carbons (Fsp3) is 1.00. The van der Waals surface area contributed by atoms with Gasteiger partial charge in [0.05, 0.1) is 19.3 Å². The summed E-state index contributed by atoms with van der Waals surface area (Å²) in [6, 6.07) is 0. The number of β-amino-alcohol motifs (C(OH)–C–C–N with tert-alkyl or cyclic N) is 2. The van der Waals surface area contributed by atoms with Gasteiger partial charge in [0.2, 0.25) is 0 Å². The maximum absolute atomic E-state index is 10.2. The molecule has 5 heteroatoms. The molecule has 2 N–H and O–H groups in total. The Kier molecular flexibility index (Phi) is 6.10. The minimum absolute atomic E-state index is 0.236. The number of fused-ring (bicyclic) bond motifs is 2. The van der Waals surface area contributed by atoms with E-state index in [0.717, 1.165) is 57.1 Å². The van der Waals surface area contributed by atoms with Gasteiger partial charge in [-0.2, -0.15) is 0 Å². The Morgan fingerprint density at radius 1 is 1.05 bits per heavy atom. The molecule has 3 fully saturated rings. The molecule has 2 saturated carbocycles. The Labute approximate surface area is 134 Å². The Balaban J connectivity index is 1.26. The molecule has 0 aromatic rings. The third kappa shape index (κ3) is 4.42. The van der Waals surface area contributed by atoms with Gasteiger partial charge in [-0.25, -0.2) is 0 Å². The fourth-order valence-electron chi connectivity index (χ4n) is 4.62.